The highest BCUT2D eigenvalue weighted by Gasteiger charge is 2.56. The minimum atomic E-state index is -4.68. The average molecular weight is 1930 g/mol. The topological polar surface area (TPSA) is 205 Å². The number of hydrogen-bond donors (Lipinski definition) is 0. The maximum absolute atomic E-state index is 14.6. The van der Waals surface area contributed by atoms with Crippen molar-refractivity contribution < 1.29 is 84.3 Å². The molecule has 8 atom stereocenters. The minimum Gasteiger partial charge on any atom is -0.366 e. The van der Waals surface area contributed by atoms with E-state index in [2.05, 4.69) is 72.4 Å². The Bertz CT molecular complexity index is 6850. The van der Waals surface area contributed by atoms with Gasteiger partial charge in [0.05, 0.1) is 113 Å². The molecule has 0 bridgehead atoms. The maximum Gasteiger partial charge on any atom is 0.427 e. The lowest BCUT2D eigenvalue weighted by Crippen LogP contribution is -2.52. The Kier molecular flexibility index (Phi) is 25.9. The van der Waals surface area contributed by atoms with Crippen molar-refractivity contribution >= 4 is 95.1 Å². The lowest BCUT2D eigenvalue weighted by molar-refractivity contribution is -0.138. The molecule has 37 heteroatoms. The van der Waals surface area contributed by atoms with Gasteiger partial charge in [-0.3, -0.25) is 24.0 Å². The summed E-state index contributed by atoms with van der Waals surface area (Å²) in [6.45, 7) is 15.9. The van der Waals surface area contributed by atoms with Crippen LogP contribution in [0.2, 0.25) is 0 Å². The van der Waals surface area contributed by atoms with Crippen LogP contribution in [0.3, 0.4) is 0 Å². The van der Waals surface area contributed by atoms with E-state index in [0.717, 1.165) is 52.6 Å². The molecule has 0 spiro atoms. The van der Waals surface area contributed by atoms with Crippen molar-refractivity contribution in [1.29, 1.82) is 0 Å². The fourth-order valence-electron chi connectivity index (χ4n) is 19.9. The van der Waals surface area contributed by atoms with E-state index < -0.39 is 122 Å². The predicted octanol–water partition coefficient (Wildman–Crippen LogP) is 21.7. The molecule has 700 valence electrons. The number of pyridine rings is 1. The highest BCUT2D eigenvalue weighted by Crippen LogP contribution is 2.57. The zero-order valence-corrected chi connectivity index (χ0v) is 76.6. The van der Waals surface area contributed by atoms with E-state index in [-0.39, 0.29) is 77.8 Å². The van der Waals surface area contributed by atoms with Crippen LogP contribution in [0.1, 0.15) is 184 Å². The van der Waals surface area contributed by atoms with E-state index in [1.807, 2.05) is 59.2 Å². The van der Waals surface area contributed by atoms with Gasteiger partial charge in [0, 0.05) is 76.7 Å². The number of hydrogen-bond acceptors (Lipinski definition) is 15. The SMILES string of the molecule is C=C(c1cnn(C)c1)N(C(C)C)[C@H]1CCC2=Cc3c(cnn3-c3ccc(F)cc3)C[C@]2(C(=O)c2ncc(C(F)(F)F)s2)C1.C=S(=O)(c1ccc(F)cc1)N(C(C)C)[C@H]1CCC2=Cc3c(cnn3-c3ccc(F)cc3)C[C@]2(C(=O)c2cc(C(F)(F)F)ccn2)C1.C=S(=O)(c1ccc(F)cc1)N(C(C)C)[C@H]1CCC2=Cc3c(cnn3-c3ccc(F)cc3)C[C@]2(C(=O)c2ncc(C(F)(F)F)s2)C1. The summed E-state index contributed by atoms with van der Waals surface area (Å²) in [7, 11) is -4.49. The fourth-order valence-corrected chi connectivity index (χ4v) is 25.9. The smallest absolute Gasteiger partial charge is 0.366 e. The molecule has 7 heterocycles. The second kappa shape index (κ2) is 36.4. The molecule has 3 fully saturated rings. The zero-order valence-electron chi connectivity index (χ0n) is 73.3. The third kappa shape index (κ3) is 18.3. The Balaban J connectivity index is 0.000000146. The van der Waals surface area contributed by atoms with Gasteiger partial charge in [-0.1, -0.05) is 23.3 Å². The number of carbonyl (C=O) groups is 3. The van der Waals surface area contributed by atoms with Crippen LogP contribution in [0, 0.1) is 45.3 Å². The summed E-state index contributed by atoms with van der Waals surface area (Å²) < 4.78 is 230. The van der Waals surface area contributed by atoms with E-state index in [1.54, 1.807) is 88.5 Å². The number of Topliss-reactive ketones (excluding diaryl/α,β-unsaturated/α-hetero) is 3. The number of aryl methyl sites for hydroxylation is 1. The molecule has 0 aliphatic heterocycles. The van der Waals surface area contributed by atoms with Crippen molar-refractivity contribution in [2.75, 3.05) is 0 Å². The Morgan fingerprint density at radius 1 is 0.448 bits per heavy atom. The second-order valence-electron chi connectivity index (χ2n) is 35.2. The number of fused-ring (bicyclic) bond motifs is 6. The van der Waals surface area contributed by atoms with Crippen molar-refractivity contribution in [3.8, 4) is 17.1 Å². The molecular weight excluding hydrogens is 1840 g/mol. The van der Waals surface area contributed by atoms with Gasteiger partial charge in [-0.2, -0.15) is 59.9 Å². The zero-order chi connectivity index (χ0) is 96.0. The Morgan fingerprint density at radius 2 is 0.791 bits per heavy atom. The number of nitrogens with zero attached hydrogens (tertiary/aromatic N) is 14. The first-order valence-electron chi connectivity index (χ1n) is 42.9. The summed E-state index contributed by atoms with van der Waals surface area (Å²) in [5.41, 5.74) is 5.05. The largest absolute Gasteiger partial charge is 0.427 e. The lowest BCUT2D eigenvalue weighted by Gasteiger charge is -2.49. The monoisotopic (exact) mass is 1920 g/mol. The Labute approximate surface area is 771 Å². The highest BCUT2D eigenvalue weighted by atomic mass is 32.2. The van der Waals surface area contributed by atoms with E-state index in [9.17, 15) is 84.3 Å². The molecule has 19 nitrogen and oxygen atoms in total. The van der Waals surface area contributed by atoms with E-state index in [0.29, 0.717) is 134 Å². The number of thiazole rings is 2. The quantitative estimate of drug-likeness (QED) is 0.0373. The molecule has 18 rings (SSSR count). The van der Waals surface area contributed by atoms with Gasteiger partial charge in [0.25, 0.3) is 0 Å². The van der Waals surface area contributed by atoms with Crippen LogP contribution in [-0.2, 0) is 64.3 Å². The third-order valence-electron chi connectivity index (χ3n) is 25.8. The summed E-state index contributed by atoms with van der Waals surface area (Å²) in [6, 6.07) is 28.1. The molecule has 0 saturated heterocycles. The van der Waals surface area contributed by atoms with Gasteiger partial charge in [0.1, 0.15) is 44.5 Å². The molecular formula is C97H90F14N14O5S4. The van der Waals surface area contributed by atoms with Crippen LogP contribution in [0.4, 0.5) is 61.5 Å². The standard InChI is InChI=1S/C34H31F5N4O2S.C32H29F5N4O2S2.C31H30F4N6OS/c1-21(2)43(46(3,45)29-12-7-26(36)8-13-29)28-9-4-23-17-31-22(20-41-42(31)27-10-5-25(35)6-11-27)18-33(23,19-28)32(44)30-16-24(14-15-40-30)34(37,38)39;1-19(2)41(45(3,43)26-12-7-23(34)8-13-26)25-9-4-21-14-27-20(17-39-40(27)24-10-5-22(33)6-11-24)15-31(21,16-25)29(42)30-38-18-28(44-30)32(35,36)37;1-18(2)40(19(3)21-15-37-39(4)17-21)25-8-5-22-11-26-20(14-38-41(26)24-9-6-23(32)7-10-24)12-30(22,13-25)28(42)29-36-16-27(43-29)31(33,34)35/h5-8,10-17,20-21,28H,3-4,9,18-19H2,1-2H3;5-8,10-14,17-19,25H,3-4,9,15-16H2,1-2H3;6-7,9-11,14-18,25H,3,5,8,12-13H2,1-2,4H3/t28-,33-,46?;25-,31-,45?;25-,30-/m000/s1. The number of allylic oxidation sites excluding steroid dienone is 3. The molecule has 12 aromatic rings. The van der Waals surface area contributed by atoms with Crippen LogP contribution in [0.15, 0.2) is 216 Å². The number of carbonyl (C=O) groups excluding carboxylic acids is 3. The first kappa shape index (κ1) is 95.3. The Hall–Kier alpha value is -11.9. The molecule has 7 aromatic heterocycles. The molecule has 6 aliphatic rings. The molecule has 3 saturated carbocycles. The number of halogens is 14. The predicted molar refractivity (Wildman–Crippen MR) is 485 cm³/mol. The summed E-state index contributed by atoms with van der Waals surface area (Å²) in [6.07, 6.45) is 6.76. The fraction of sp³-hybridized carbons (Fsp3) is 0.320. The van der Waals surface area contributed by atoms with Crippen LogP contribution < -0.4 is 0 Å². The van der Waals surface area contributed by atoms with Gasteiger partial charge in [0.15, 0.2) is 15.8 Å². The number of benzene rings is 5. The maximum atomic E-state index is 14.6. The minimum absolute atomic E-state index is 0.0347. The summed E-state index contributed by atoms with van der Waals surface area (Å²) in [5.74, 6) is 4.46. The van der Waals surface area contributed by atoms with Gasteiger partial charge in [-0.05, 0) is 299 Å². The highest BCUT2D eigenvalue weighted by molar-refractivity contribution is 7.98. The lowest BCUT2D eigenvalue weighted by atomic mass is 9.60. The third-order valence-corrected chi connectivity index (χ3v) is 32.7. The summed E-state index contributed by atoms with van der Waals surface area (Å²) >= 11 is 0.697. The van der Waals surface area contributed by atoms with Crippen molar-refractivity contribution in [2.24, 2.45) is 23.3 Å². The summed E-state index contributed by atoms with van der Waals surface area (Å²) in [5, 5.41) is 17.4. The molecule has 0 N–H and O–H groups in total. The van der Waals surface area contributed by atoms with Crippen molar-refractivity contribution in [3.05, 3.63) is 306 Å². The van der Waals surface area contributed by atoms with Crippen LogP contribution >= 0.6 is 22.7 Å². The van der Waals surface area contributed by atoms with Crippen molar-refractivity contribution in [3.63, 3.8) is 0 Å². The van der Waals surface area contributed by atoms with Crippen LogP contribution in [0.5, 0.6) is 0 Å². The number of aromatic nitrogens is 11. The van der Waals surface area contributed by atoms with Gasteiger partial charge in [-0.25, -0.2) is 63.0 Å². The van der Waals surface area contributed by atoms with E-state index in [1.165, 1.54) is 84.9 Å². The second-order valence-corrected chi connectivity index (χ2v) is 41.6. The number of alkyl halides is 9. The van der Waals surface area contributed by atoms with Crippen molar-refractivity contribution in [2.45, 2.75) is 183 Å². The van der Waals surface area contributed by atoms with Gasteiger partial charge in [0.2, 0.25) is 11.6 Å². The van der Waals surface area contributed by atoms with E-state index >= 15 is 0 Å². The molecule has 2 unspecified atom stereocenters. The van der Waals surface area contributed by atoms with Crippen LogP contribution in [0.25, 0.3) is 41.0 Å². The number of ketones is 3. The molecule has 134 heavy (non-hydrogen) atoms. The molecule has 0 radical (unpaired) electrons. The normalized spacial score (nSPS) is 20.8. The average Bonchev–Trinajstić information content (AvgIpc) is 1.40. The molecule has 0 amide bonds. The van der Waals surface area contributed by atoms with Crippen molar-refractivity contribution in [1.82, 2.24) is 67.6 Å². The van der Waals surface area contributed by atoms with Gasteiger partial charge >= 0.3 is 18.5 Å². The molecule has 5 aromatic carbocycles. The van der Waals surface area contributed by atoms with Gasteiger partial charge < -0.3 is 4.90 Å². The number of rotatable bonds is 21. The summed E-state index contributed by atoms with van der Waals surface area (Å²) in [4.78, 5) is 56.4. The van der Waals surface area contributed by atoms with Crippen LogP contribution in [-0.4, -0.2) is 141 Å². The Morgan fingerprint density at radius 3 is 1.11 bits per heavy atom. The first-order chi connectivity index (χ1) is 63.3. The van der Waals surface area contributed by atoms with E-state index in [4.69, 9.17) is 0 Å². The molecule has 6 aliphatic carbocycles. The van der Waals surface area contributed by atoms with Gasteiger partial charge in [-0.15, -0.1) is 22.7 Å². The first-order valence-corrected chi connectivity index (χ1v) is 47.9.